The van der Waals surface area contributed by atoms with E-state index in [1.165, 1.54) is 38.5 Å². The minimum Gasteiger partial charge on any atom is -0.300 e. The topological polar surface area (TPSA) is 17.1 Å². The molecule has 6 atom stereocenters. The molecule has 0 aromatic heterocycles. The Bertz CT molecular complexity index is 414. The van der Waals surface area contributed by atoms with Gasteiger partial charge in [-0.25, -0.2) is 0 Å². The van der Waals surface area contributed by atoms with Crippen LogP contribution in [0.3, 0.4) is 0 Å². The normalized spacial score (nSPS) is 47.7. The number of rotatable bonds is 1. The van der Waals surface area contributed by atoms with Crippen LogP contribution in [0.4, 0.5) is 0 Å². The SMILES string of the molecule is C=C.CC[C@@]1(C)CC[C@H]2C(CC[C@H]3CC(=O)CC[C@@]32C)[C@@H]1C. The third-order valence-corrected chi connectivity index (χ3v) is 8.14. The Morgan fingerprint density at radius 3 is 2.45 bits per heavy atom. The van der Waals surface area contributed by atoms with Gasteiger partial charge in [0.25, 0.3) is 0 Å². The first kappa shape index (κ1) is 17.8. The van der Waals surface area contributed by atoms with E-state index in [0.29, 0.717) is 22.5 Å². The first-order chi connectivity index (χ1) is 10.4. The lowest BCUT2D eigenvalue weighted by Crippen LogP contribution is -2.53. The van der Waals surface area contributed by atoms with Crippen LogP contribution in [0.15, 0.2) is 13.2 Å². The van der Waals surface area contributed by atoms with Gasteiger partial charge in [0.05, 0.1) is 0 Å². The number of fused-ring (bicyclic) bond motifs is 3. The monoisotopic (exact) mass is 304 g/mol. The van der Waals surface area contributed by atoms with Crippen LogP contribution in [-0.4, -0.2) is 5.78 Å². The van der Waals surface area contributed by atoms with Crippen molar-refractivity contribution in [3.8, 4) is 0 Å². The van der Waals surface area contributed by atoms with Crippen molar-refractivity contribution >= 4 is 5.78 Å². The summed E-state index contributed by atoms with van der Waals surface area (Å²) in [5.41, 5.74) is 1.04. The Morgan fingerprint density at radius 2 is 1.82 bits per heavy atom. The largest absolute Gasteiger partial charge is 0.300 e. The molecule has 1 heteroatoms. The molecule has 0 aromatic carbocycles. The molecule has 0 bridgehead atoms. The number of hydrogen-bond donors (Lipinski definition) is 0. The molecule has 3 aliphatic carbocycles. The van der Waals surface area contributed by atoms with Gasteiger partial charge in [0.2, 0.25) is 0 Å². The van der Waals surface area contributed by atoms with Crippen molar-refractivity contribution in [2.24, 2.45) is 34.5 Å². The van der Waals surface area contributed by atoms with E-state index in [2.05, 4.69) is 40.9 Å². The van der Waals surface area contributed by atoms with Crippen LogP contribution in [0.25, 0.3) is 0 Å². The first-order valence-corrected chi connectivity index (χ1v) is 9.42. The molecule has 3 fully saturated rings. The summed E-state index contributed by atoms with van der Waals surface area (Å²) in [5.74, 6) is 3.91. The van der Waals surface area contributed by atoms with E-state index >= 15 is 0 Å². The average Bonchev–Trinajstić information content (AvgIpc) is 2.53. The van der Waals surface area contributed by atoms with Crippen molar-refractivity contribution in [3.05, 3.63) is 13.2 Å². The van der Waals surface area contributed by atoms with Crippen LogP contribution in [0.5, 0.6) is 0 Å². The molecule has 0 saturated heterocycles. The highest BCUT2D eigenvalue weighted by atomic mass is 16.1. The number of carbonyl (C=O) groups excluding carboxylic acids is 1. The van der Waals surface area contributed by atoms with Gasteiger partial charge in [0.1, 0.15) is 5.78 Å². The van der Waals surface area contributed by atoms with Crippen LogP contribution in [-0.2, 0) is 4.79 Å². The van der Waals surface area contributed by atoms with Gasteiger partial charge in [-0.2, -0.15) is 0 Å². The van der Waals surface area contributed by atoms with Gasteiger partial charge in [-0.3, -0.25) is 4.79 Å². The van der Waals surface area contributed by atoms with Crippen molar-refractivity contribution in [3.63, 3.8) is 0 Å². The van der Waals surface area contributed by atoms with Gasteiger partial charge in [-0.1, -0.05) is 34.1 Å². The van der Waals surface area contributed by atoms with E-state index < -0.39 is 0 Å². The molecule has 126 valence electrons. The second-order valence-corrected chi connectivity index (χ2v) is 8.63. The lowest BCUT2D eigenvalue weighted by molar-refractivity contribution is -0.138. The Morgan fingerprint density at radius 1 is 1.14 bits per heavy atom. The summed E-state index contributed by atoms with van der Waals surface area (Å²) in [4.78, 5) is 11.8. The Balaban J connectivity index is 0.000000847. The fourth-order valence-electron chi connectivity index (χ4n) is 6.10. The molecule has 0 aromatic rings. The smallest absolute Gasteiger partial charge is 0.133 e. The van der Waals surface area contributed by atoms with Crippen LogP contribution >= 0.6 is 0 Å². The van der Waals surface area contributed by atoms with E-state index in [9.17, 15) is 4.79 Å². The maximum Gasteiger partial charge on any atom is 0.133 e. The predicted molar refractivity (Wildman–Crippen MR) is 94.7 cm³/mol. The molecule has 22 heavy (non-hydrogen) atoms. The molecule has 1 nitrogen and oxygen atoms in total. The Kier molecular flexibility index (Phi) is 5.24. The molecule has 0 radical (unpaired) electrons. The highest BCUT2D eigenvalue weighted by Crippen LogP contribution is 2.62. The van der Waals surface area contributed by atoms with Gasteiger partial charge in [0.15, 0.2) is 0 Å². The summed E-state index contributed by atoms with van der Waals surface area (Å²) in [7, 11) is 0. The standard InChI is InChI=1S/C19H32O.C2H4/c1-5-18(3)10-9-17-16(13(18)2)7-6-14-12-15(20)8-11-19(14,17)4;1-2/h13-14,16-17H,5-12H2,1-4H3;1-2H2/t13-,14-,16?,17-,18-,19-;/m0./s1. The van der Waals surface area contributed by atoms with Crippen molar-refractivity contribution < 1.29 is 4.79 Å². The van der Waals surface area contributed by atoms with Gasteiger partial charge < -0.3 is 0 Å². The summed E-state index contributed by atoms with van der Waals surface area (Å²) in [6.45, 7) is 16.0. The predicted octanol–water partition coefficient (Wildman–Crippen LogP) is 6.04. The lowest BCUT2D eigenvalue weighted by Gasteiger charge is -2.60. The molecule has 3 rings (SSSR count). The van der Waals surface area contributed by atoms with Crippen LogP contribution in [0.2, 0.25) is 0 Å². The number of hydrogen-bond acceptors (Lipinski definition) is 1. The fraction of sp³-hybridized carbons (Fsp3) is 0.857. The summed E-state index contributed by atoms with van der Waals surface area (Å²) in [6.07, 6.45) is 9.77. The Labute approximate surface area is 137 Å². The number of Topliss-reactive ketones (excluding diaryl/α,β-unsaturated/α-hetero) is 1. The Hall–Kier alpha value is -0.590. The maximum atomic E-state index is 11.8. The average molecular weight is 305 g/mol. The van der Waals surface area contributed by atoms with Gasteiger partial charge in [0, 0.05) is 12.8 Å². The van der Waals surface area contributed by atoms with Crippen LogP contribution in [0.1, 0.15) is 79.1 Å². The quantitative estimate of drug-likeness (QED) is 0.540. The second kappa shape index (κ2) is 6.49. The summed E-state index contributed by atoms with van der Waals surface area (Å²) >= 11 is 0. The molecular formula is C21H36O. The fourth-order valence-corrected chi connectivity index (χ4v) is 6.10. The molecular weight excluding hydrogens is 268 g/mol. The van der Waals surface area contributed by atoms with Crippen molar-refractivity contribution in [2.75, 3.05) is 0 Å². The molecule has 0 heterocycles. The minimum atomic E-state index is 0.472. The van der Waals surface area contributed by atoms with Gasteiger partial charge in [-0.15, -0.1) is 13.2 Å². The van der Waals surface area contributed by atoms with Crippen molar-refractivity contribution in [2.45, 2.75) is 79.1 Å². The summed E-state index contributed by atoms with van der Waals surface area (Å²) < 4.78 is 0. The molecule has 0 spiro atoms. The van der Waals surface area contributed by atoms with E-state index in [1.54, 1.807) is 0 Å². The van der Waals surface area contributed by atoms with Crippen molar-refractivity contribution in [1.29, 1.82) is 0 Å². The number of ketones is 1. The minimum absolute atomic E-state index is 0.472. The zero-order valence-electron chi connectivity index (χ0n) is 15.3. The molecule has 1 unspecified atom stereocenters. The third-order valence-electron chi connectivity index (χ3n) is 8.14. The first-order valence-electron chi connectivity index (χ1n) is 9.42. The van der Waals surface area contributed by atoms with E-state index in [0.717, 1.165) is 30.6 Å². The number of carbonyl (C=O) groups is 1. The highest BCUT2D eigenvalue weighted by Gasteiger charge is 2.55. The summed E-state index contributed by atoms with van der Waals surface area (Å²) in [6, 6.07) is 0. The van der Waals surface area contributed by atoms with Crippen LogP contribution in [0, 0.1) is 34.5 Å². The zero-order valence-corrected chi connectivity index (χ0v) is 15.3. The highest BCUT2D eigenvalue weighted by molar-refractivity contribution is 5.79. The molecule has 0 N–H and O–H groups in total. The lowest BCUT2D eigenvalue weighted by atomic mass is 9.45. The maximum absolute atomic E-state index is 11.8. The molecule has 3 aliphatic rings. The second-order valence-electron chi connectivity index (χ2n) is 8.63. The third kappa shape index (κ3) is 2.69. The van der Waals surface area contributed by atoms with Gasteiger partial charge in [-0.05, 0) is 66.6 Å². The van der Waals surface area contributed by atoms with E-state index in [1.807, 2.05) is 0 Å². The van der Waals surface area contributed by atoms with E-state index in [4.69, 9.17) is 0 Å². The van der Waals surface area contributed by atoms with Crippen molar-refractivity contribution in [1.82, 2.24) is 0 Å². The molecule has 0 amide bonds. The molecule has 3 saturated carbocycles. The zero-order chi connectivity index (χ0) is 16.5. The molecule has 0 aliphatic heterocycles. The van der Waals surface area contributed by atoms with Crippen LogP contribution < -0.4 is 0 Å². The van der Waals surface area contributed by atoms with E-state index in [-0.39, 0.29) is 0 Å². The summed E-state index contributed by atoms with van der Waals surface area (Å²) in [5, 5.41) is 0. The van der Waals surface area contributed by atoms with Gasteiger partial charge >= 0.3 is 0 Å².